The van der Waals surface area contributed by atoms with Crippen LogP contribution in [0.1, 0.15) is 47.0 Å². The van der Waals surface area contributed by atoms with Crippen molar-refractivity contribution < 1.29 is 14.0 Å². The molecule has 0 aliphatic rings. The van der Waals surface area contributed by atoms with E-state index in [9.17, 15) is 4.79 Å². The minimum atomic E-state index is -1.61. The maximum absolute atomic E-state index is 11.3. The van der Waals surface area contributed by atoms with Crippen LogP contribution < -0.4 is 0 Å². The van der Waals surface area contributed by atoms with Crippen LogP contribution in [0.2, 0.25) is 18.1 Å². The van der Waals surface area contributed by atoms with Gasteiger partial charge in [0, 0.05) is 12.2 Å². The Hall–Kier alpha value is -0.613. The fourth-order valence-corrected chi connectivity index (χ4v) is 6.90. The molecule has 0 heterocycles. The van der Waals surface area contributed by atoms with Crippen LogP contribution in [0.4, 0.5) is 0 Å². The monoisotopic (exact) mass is 286 g/mol. The van der Waals surface area contributed by atoms with E-state index in [1.807, 2.05) is 0 Å². The summed E-state index contributed by atoms with van der Waals surface area (Å²) >= 11 is 0. The van der Waals surface area contributed by atoms with Crippen molar-refractivity contribution in [3.63, 3.8) is 0 Å². The van der Waals surface area contributed by atoms with Gasteiger partial charge < -0.3 is 9.16 Å². The molecule has 0 rings (SSSR count). The second-order valence-electron chi connectivity index (χ2n) is 5.14. The zero-order chi connectivity index (χ0) is 14.7. The Morgan fingerprint density at radius 2 is 1.68 bits per heavy atom. The van der Waals surface area contributed by atoms with Crippen LogP contribution in [-0.4, -0.2) is 27.5 Å². The number of hydrogen-bond donors (Lipinski definition) is 0. The maximum Gasteiger partial charge on any atom is 0.333 e. The second kappa shape index (κ2) is 10.2. The summed E-state index contributed by atoms with van der Waals surface area (Å²) in [6, 6.07) is 3.51. The zero-order valence-corrected chi connectivity index (χ0v) is 14.1. The summed E-state index contributed by atoms with van der Waals surface area (Å²) in [6.07, 6.45) is 3.26. The summed E-state index contributed by atoms with van der Waals surface area (Å²) < 4.78 is 11.3. The highest BCUT2D eigenvalue weighted by atomic mass is 28.4. The standard InChI is InChI=1S/C15H30O3Si/c1-6-11-19(12-7-2,18-8-3)13-9-10-17-15(16)14(4)5/h4,6-13H2,1-3,5H3. The molecule has 0 aromatic heterocycles. The molecule has 0 radical (unpaired) electrons. The molecule has 0 aromatic carbocycles. The van der Waals surface area contributed by atoms with E-state index in [1.54, 1.807) is 6.92 Å². The Morgan fingerprint density at radius 1 is 1.11 bits per heavy atom. The number of carbonyl (C=O) groups excluding carboxylic acids is 1. The van der Waals surface area contributed by atoms with Crippen LogP contribution in [0.15, 0.2) is 12.2 Å². The fourth-order valence-electron chi connectivity index (χ4n) is 2.49. The van der Waals surface area contributed by atoms with Gasteiger partial charge in [0.15, 0.2) is 8.32 Å². The van der Waals surface area contributed by atoms with Crippen LogP contribution in [0, 0.1) is 0 Å². The van der Waals surface area contributed by atoms with Crippen LogP contribution in [0.25, 0.3) is 0 Å². The predicted molar refractivity (Wildman–Crippen MR) is 82.8 cm³/mol. The lowest BCUT2D eigenvalue weighted by Gasteiger charge is -2.30. The predicted octanol–water partition coefficient (Wildman–Crippen LogP) is 4.30. The topological polar surface area (TPSA) is 35.5 Å². The molecule has 0 N–H and O–H groups in total. The van der Waals surface area contributed by atoms with E-state index in [-0.39, 0.29) is 5.97 Å². The number of rotatable bonds is 11. The quantitative estimate of drug-likeness (QED) is 0.246. The van der Waals surface area contributed by atoms with Crippen molar-refractivity contribution in [2.75, 3.05) is 13.2 Å². The maximum atomic E-state index is 11.3. The van der Waals surface area contributed by atoms with Gasteiger partial charge in [-0.1, -0.05) is 33.3 Å². The largest absolute Gasteiger partial charge is 0.462 e. The second-order valence-corrected chi connectivity index (χ2v) is 9.29. The van der Waals surface area contributed by atoms with Gasteiger partial charge in [-0.2, -0.15) is 0 Å². The third kappa shape index (κ3) is 7.53. The molecule has 19 heavy (non-hydrogen) atoms. The van der Waals surface area contributed by atoms with Crippen LogP contribution in [0.3, 0.4) is 0 Å². The first kappa shape index (κ1) is 18.4. The number of esters is 1. The summed E-state index contributed by atoms with van der Waals surface area (Å²) in [4.78, 5) is 11.3. The number of carbonyl (C=O) groups is 1. The molecule has 0 aliphatic carbocycles. The molecule has 112 valence electrons. The molecule has 0 unspecified atom stereocenters. The van der Waals surface area contributed by atoms with Crippen LogP contribution in [0.5, 0.6) is 0 Å². The number of hydrogen-bond acceptors (Lipinski definition) is 3. The minimum Gasteiger partial charge on any atom is -0.462 e. The number of ether oxygens (including phenoxy) is 1. The summed E-state index contributed by atoms with van der Waals surface area (Å²) in [7, 11) is -1.61. The lowest BCUT2D eigenvalue weighted by molar-refractivity contribution is -0.138. The Labute approximate surface area is 119 Å². The van der Waals surface area contributed by atoms with E-state index in [1.165, 1.54) is 24.9 Å². The van der Waals surface area contributed by atoms with E-state index in [2.05, 4.69) is 27.4 Å². The highest BCUT2D eigenvalue weighted by Gasteiger charge is 2.32. The van der Waals surface area contributed by atoms with E-state index >= 15 is 0 Å². The van der Waals surface area contributed by atoms with Crippen molar-refractivity contribution in [1.29, 1.82) is 0 Å². The van der Waals surface area contributed by atoms with Gasteiger partial charge in [0.2, 0.25) is 0 Å². The molecule has 0 saturated heterocycles. The van der Waals surface area contributed by atoms with Crippen molar-refractivity contribution in [2.45, 2.75) is 65.1 Å². The summed E-state index contributed by atoms with van der Waals surface area (Å²) in [5, 5.41) is 0. The first-order valence-electron chi connectivity index (χ1n) is 7.48. The molecule has 0 saturated carbocycles. The first-order chi connectivity index (χ1) is 9.01. The molecule has 0 spiro atoms. The first-order valence-corrected chi connectivity index (χ1v) is 10.0. The molecule has 4 heteroatoms. The van der Waals surface area contributed by atoms with Crippen LogP contribution in [-0.2, 0) is 14.0 Å². The lowest BCUT2D eigenvalue weighted by Crippen LogP contribution is -2.38. The average molecular weight is 286 g/mol. The van der Waals surface area contributed by atoms with Crippen molar-refractivity contribution in [1.82, 2.24) is 0 Å². The molecule has 0 aliphatic heterocycles. The fraction of sp³-hybridized carbons (Fsp3) is 0.800. The van der Waals surface area contributed by atoms with E-state index in [0.717, 1.165) is 19.1 Å². The molecule has 3 nitrogen and oxygen atoms in total. The van der Waals surface area contributed by atoms with Crippen molar-refractivity contribution in [3.8, 4) is 0 Å². The van der Waals surface area contributed by atoms with Gasteiger partial charge >= 0.3 is 5.97 Å². The Balaban J connectivity index is 4.24. The van der Waals surface area contributed by atoms with E-state index in [4.69, 9.17) is 9.16 Å². The van der Waals surface area contributed by atoms with Crippen LogP contribution >= 0.6 is 0 Å². The summed E-state index contributed by atoms with van der Waals surface area (Å²) in [5.41, 5.74) is 0.468. The average Bonchev–Trinajstić information content (AvgIpc) is 2.35. The van der Waals surface area contributed by atoms with Crippen molar-refractivity contribution >= 4 is 14.3 Å². The van der Waals surface area contributed by atoms with Gasteiger partial charge in [0.05, 0.1) is 6.61 Å². The Kier molecular flexibility index (Phi) is 9.88. The Bertz CT molecular complexity index is 260. The summed E-state index contributed by atoms with van der Waals surface area (Å²) in [5.74, 6) is -0.283. The van der Waals surface area contributed by atoms with Crippen molar-refractivity contribution in [3.05, 3.63) is 12.2 Å². The third-order valence-electron chi connectivity index (χ3n) is 3.22. The van der Waals surface area contributed by atoms with Gasteiger partial charge in [-0.15, -0.1) is 0 Å². The summed E-state index contributed by atoms with van der Waals surface area (Å²) in [6.45, 7) is 13.1. The molecule has 0 amide bonds. The van der Waals surface area contributed by atoms with Gasteiger partial charge in [-0.25, -0.2) is 4.79 Å². The highest BCUT2D eigenvalue weighted by molar-refractivity contribution is 6.73. The normalized spacial score (nSPS) is 11.4. The van der Waals surface area contributed by atoms with Gasteiger partial charge in [-0.3, -0.25) is 0 Å². The Morgan fingerprint density at radius 3 is 2.11 bits per heavy atom. The molecule has 0 aromatic rings. The third-order valence-corrected chi connectivity index (χ3v) is 8.21. The molecule has 0 atom stereocenters. The zero-order valence-electron chi connectivity index (χ0n) is 13.1. The minimum absolute atomic E-state index is 0.283. The van der Waals surface area contributed by atoms with Crippen molar-refractivity contribution in [2.24, 2.45) is 0 Å². The van der Waals surface area contributed by atoms with E-state index in [0.29, 0.717) is 12.2 Å². The van der Waals surface area contributed by atoms with Gasteiger partial charge in [0.1, 0.15) is 0 Å². The molecular formula is C15H30O3Si. The lowest BCUT2D eigenvalue weighted by atomic mass is 10.4. The smallest absolute Gasteiger partial charge is 0.333 e. The van der Waals surface area contributed by atoms with Gasteiger partial charge in [-0.05, 0) is 38.4 Å². The molecular weight excluding hydrogens is 256 g/mol. The highest BCUT2D eigenvalue weighted by Crippen LogP contribution is 2.27. The van der Waals surface area contributed by atoms with E-state index < -0.39 is 8.32 Å². The molecule has 0 bridgehead atoms. The SMILES string of the molecule is C=C(C)C(=O)OCCC[Si](CCC)(CCC)OCC. The van der Waals surface area contributed by atoms with Gasteiger partial charge in [0.25, 0.3) is 0 Å². The molecule has 0 fully saturated rings.